The number of fused-ring (bicyclic) bond motifs is 1. The zero-order valence-electron chi connectivity index (χ0n) is 10.6. The first kappa shape index (κ1) is 12.2. The van der Waals surface area contributed by atoms with Crippen LogP contribution in [0, 0.1) is 0 Å². The van der Waals surface area contributed by atoms with E-state index in [0.29, 0.717) is 5.69 Å². The topological polar surface area (TPSA) is 62.2 Å². The molecule has 1 amide bonds. The first-order chi connectivity index (χ1) is 9.75. The van der Waals surface area contributed by atoms with Gasteiger partial charge in [0.15, 0.2) is 0 Å². The van der Waals surface area contributed by atoms with Crippen LogP contribution in [0.3, 0.4) is 0 Å². The summed E-state index contributed by atoms with van der Waals surface area (Å²) in [7, 11) is 0. The van der Waals surface area contributed by atoms with E-state index in [1.54, 1.807) is 12.3 Å². The van der Waals surface area contributed by atoms with E-state index in [1.165, 1.54) is 0 Å². The van der Waals surface area contributed by atoms with Crippen molar-refractivity contribution in [3.63, 3.8) is 0 Å². The van der Waals surface area contributed by atoms with Crippen LogP contribution in [0.1, 0.15) is 0 Å². The van der Waals surface area contributed by atoms with Crippen LogP contribution in [-0.2, 0) is 0 Å². The van der Waals surface area contributed by atoms with E-state index in [-0.39, 0.29) is 0 Å². The number of carbonyl (C=O) groups is 1. The van der Waals surface area contributed by atoms with Crippen LogP contribution in [0.4, 0.5) is 10.5 Å². The molecule has 0 saturated carbocycles. The standard InChI is InChI=1S/C16H12N2O2/c19-16(20)18-14-8-4-7-13-12(14)9-10-17-15(13)11-5-2-1-3-6-11/h1-10,18H,(H,19,20). The zero-order valence-corrected chi connectivity index (χ0v) is 10.6. The van der Waals surface area contributed by atoms with Gasteiger partial charge in [0.1, 0.15) is 0 Å². The third-order valence-electron chi connectivity index (χ3n) is 3.09. The fourth-order valence-corrected chi connectivity index (χ4v) is 2.26. The number of carboxylic acid groups (broad SMARTS) is 1. The van der Waals surface area contributed by atoms with E-state index >= 15 is 0 Å². The second-order valence-electron chi connectivity index (χ2n) is 4.36. The van der Waals surface area contributed by atoms with E-state index < -0.39 is 6.09 Å². The summed E-state index contributed by atoms with van der Waals surface area (Å²) >= 11 is 0. The Kier molecular flexibility index (Phi) is 3.05. The third-order valence-corrected chi connectivity index (χ3v) is 3.09. The number of aromatic nitrogens is 1. The Bertz CT molecular complexity index is 770. The Morgan fingerprint density at radius 3 is 2.50 bits per heavy atom. The van der Waals surface area contributed by atoms with E-state index in [2.05, 4.69) is 10.3 Å². The SMILES string of the molecule is O=C(O)Nc1cccc2c(-c3ccccc3)nccc12. The summed E-state index contributed by atoms with van der Waals surface area (Å²) in [6.07, 6.45) is 0.619. The van der Waals surface area contributed by atoms with Crippen molar-refractivity contribution in [2.45, 2.75) is 0 Å². The lowest BCUT2D eigenvalue weighted by atomic mass is 10.0. The summed E-state index contributed by atoms with van der Waals surface area (Å²) in [6, 6.07) is 17.1. The predicted octanol–water partition coefficient (Wildman–Crippen LogP) is 3.99. The van der Waals surface area contributed by atoms with Crippen molar-refractivity contribution < 1.29 is 9.90 Å². The van der Waals surface area contributed by atoms with Crippen LogP contribution < -0.4 is 5.32 Å². The van der Waals surface area contributed by atoms with Crippen LogP contribution in [0.25, 0.3) is 22.0 Å². The first-order valence-electron chi connectivity index (χ1n) is 6.19. The highest BCUT2D eigenvalue weighted by atomic mass is 16.4. The normalized spacial score (nSPS) is 10.4. The van der Waals surface area contributed by atoms with Gasteiger partial charge in [-0.15, -0.1) is 0 Å². The fraction of sp³-hybridized carbons (Fsp3) is 0. The Morgan fingerprint density at radius 2 is 1.75 bits per heavy atom. The lowest BCUT2D eigenvalue weighted by Gasteiger charge is -2.09. The minimum absolute atomic E-state index is 0.564. The molecule has 0 unspecified atom stereocenters. The molecule has 3 rings (SSSR count). The summed E-state index contributed by atoms with van der Waals surface area (Å²) in [6.45, 7) is 0. The molecule has 20 heavy (non-hydrogen) atoms. The van der Waals surface area contributed by atoms with Gasteiger partial charge in [-0.05, 0) is 12.1 Å². The second kappa shape index (κ2) is 5.01. The average molecular weight is 264 g/mol. The van der Waals surface area contributed by atoms with Gasteiger partial charge in [0.05, 0.1) is 11.4 Å². The van der Waals surface area contributed by atoms with Crippen molar-refractivity contribution in [3.8, 4) is 11.3 Å². The molecule has 0 fully saturated rings. The molecule has 1 heterocycles. The summed E-state index contributed by atoms with van der Waals surface area (Å²) in [5, 5.41) is 13.1. The monoisotopic (exact) mass is 264 g/mol. The number of hydrogen-bond donors (Lipinski definition) is 2. The fourth-order valence-electron chi connectivity index (χ4n) is 2.26. The number of anilines is 1. The van der Waals surface area contributed by atoms with Crippen molar-refractivity contribution in [1.29, 1.82) is 0 Å². The first-order valence-corrected chi connectivity index (χ1v) is 6.19. The molecule has 98 valence electrons. The number of amides is 1. The Morgan fingerprint density at radius 1 is 0.950 bits per heavy atom. The molecule has 4 heteroatoms. The van der Waals surface area contributed by atoms with E-state index in [9.17, 15) is 4.79 Å². The maximum Gasteiger partial charge on any atom is 0.409 e. The summed E-state index contributed by atoms with van der Waals surface area (Å²) in [5.41, 5.74) is 2.41. The van der Waals surface area contributed by atoms with Gasteiger partial charge >= 0.3 is 6.09 Å². The minimum Gasteiger partial charge on any atom is -0.465 e. The second-order valence-corrected chi connectivity index (χ2v) is 4.36. The highest BCUT2D eigenvalue weighted by Crippen LogP contribution is 2.30. The average Bonchev–Trinajstić information content (AvgIpc) is 2.47. The van der Waals surface area contributed by atoms with E-state index in [4.69, 9.17) is 5.11 Å². The Labute approximate surface area is 115 Å². The highest BCUT2D eigenvalue weighted by Gasteiger charge is 2.08. The molecule has 4 nitrogen and oxygen atoms in total. The lowest BCUT2D eigenvalue weighted by Crippen LogP contribution is -2.07. The largest absolute Gasteiger partial charge is 0.465 e. The molecule has 0 bridgehead atoms. The van der Waals surface area contributed by atoms with Crippen molar-refractivity contribution >= 4 is 22.6 Å². The molecule has 2 aromatic carbocycles. The number of nitrogens with one attached hydrogen (secondary N) is 1. The molecule has 0 spiro atoms. The van der Waals surface area contributed by atoms with Gasteiger partial charge in [0.25, 0.3) is 0 Å². The number of nitrogens with zero attached hydrogens (tertiary/aromatic N) is 1. The maximum atomic E-state index is 10.8. The Hall–Kier alpha value is -2.88. The zero-order chi connectivity index (χ0) is 13.9. The van der Waals surface area contributed by atoms with Crippen molar-refractivity contribution in [2.24, 2.45) is 0 Å². The number of rotatable bonds is 2. The number of pyridine rings is 1. The number of benzene rings is 2. The van der Waals surface area contributed by atoms with Crippen molar-refractivity contribution in [3.05, 3.63) is 60.8 Å². The quantitative estimate of drug-likeness (QED) is 0.735. The summed E-state index contributed by atoms with van der Waals surface area (Å²) < 4.78 is 0. The molecular formula is C16H12N2O2. The van der Waals surface area contributed by atoms with Gasteiger partial charge in [-0.2, -0.15) is 0 Å². The van der Waals surface area contributed by atoms with Crippen LogP contribution >= 0.6 is 0 Å². The molecule has 1 aromatic heterocycles. The van der Waals surface area contributed by atoms with Gasteiger partial charge in [-0.1, -0.05) is 42.5 Å². The predicted molar refractivity (Wildman–Crippen MR) is 78.8 cm³/mol. The molecule has 0 radical (unpaired) electrons. The molecule has 0 aliphatic heterocycles. The van der Waals surface area contributed by atoms with Crippen LogP contribution in [0.15, 0.2) is 60.8 Å². The van der Waals surface area contributed by atoms with Crippen molar-refractivity contribution in [1.82, 2.24) is 4.98 Å². The molecular weight excluding hydrogens is 252 g/mol. The van der Waals surface area contributed by atoms with Crippen LogP contribution in [0.2, 0.25) is 0 Å². The smallest absolute Gasteiger partial charge is 0.409 e. The van der Waals surface area contributed by atoms with Crippen LogP contribution in [-0.4, -0.2) is 16.2 Å². The molecule has 0 saturated heterocycles. The summed E-state index contributed by atoms with van der Waals surface area (Å²) in [5.74, 6) is 0. The van der Waals surface area contributed by atoms with E-state index in [1.807, 2.05) is 48.5 Å². The highest BCUT2D eigenvalue weighted by molar-refractivity contribution is 6.04. The maximum absolute atomic E-state index is 10.8. The van der Waals surface area contributed by atoms with Crippen molar-refractivity contribution in [2.75, 3.05) is 5.32 Å². The molecule has 0 atom stereocenters. The van der Waals surface area contributed by atoms with Gasteiger partial charge in [0, 0.05) is 22.5 Å². The third kappa shape index (κ3) is 2.19. The molecule has 2 N–H and O–H groups in total. The minimum atomic E-state index is -1.07. The summed E-state index contributed by atoms with van der Waals surface area (Å²) in [4.78, 5) is 15.3. The van der Waals surface area contributed by atoms with Gasteiger partial charge in [-0.25, -0.2) is 4.79 Å². The van der Waals surface area contributed by atoms with E-state index in [0.717, 1.165) is 22.0 Å². The molecule has 3 aromatic rings. The van der Waals surface area contributed by atoms with Gasteiger partial charge in [-0.3, -0.25) is 10.3 Å². The van der Waals surface area contributed by atoms with Gasteiger partial charge in [0.2, 0.25) is 0 Å². The van der Waals surface area contributed by atoms with Crippen LogP contribution in [0.5, 0.6) is 0 Å². The lowest BCUT2D eigenvalue weighted by molar-refractivity contribution is 0.210. The van der Waals surface area contributed by atoms with Gasteiger partial charge < -0.3 is 5.11 Å². The Balaban J connectivity index is 2.23. The number of hydrogen-bond acceptors (Lipinski definition) is 2. The molecule has 0 aliphatic rings. The molecule has 0 aliphatic carbocycles.